The summed E-state index contributed by atoms with van der Waals surface area (Å²) < 4.78 is 8.79. The van der Waals surface area contributed by atoms with Gasteiger partial charge in [0, 0.05) is 32.6 Å². The number of nitrogens with zero attached hydrogens (tertiary/aromatic N) is 1. The van der Waals surface area contributed by atoms with Crippen molar-refractivity contribution < 1.29 is 4.42 Å². The summed E-state index contributed by atoms with van der Waals surface area (Å²) in [6, 6.07) is 19.5. The average molecular weight is 351 g/mol. The van der Waals surface area contributed by atoms with Gasteiger partial charge >= 0.3 is 0 Å². The zero-order chi connectivity index (χ0) is 18.3. The van der Waals surface area contributed by atoms with Crippen LogP contribution in [0.1, 0.15) is 25.1 Å². The van der Waals surface area contributed by atoms with E-state index in [4.69, 9.17) is 4.42 Å². The Kier molecular flexibility index (Phi) is 2.82. The van der Waals surface area contributed by atoms with Gasteiger partial charge in [-0.3, -0.25) is 0 Å². The zero-order valence-electron chi connectivity index (χ0n) is 15.8. The van der Waals surface area contributed by atoms with Gasteiger partial charge in [0.2, 0.25) is 0 Å². The Morgan fingerprint density at radius 2 is 1.59 bits per heavy atom. The summed E-state index contributed by atoms with van der Waals surface area (Å²) in [7, 11) is 0. The normalized spacial score (nSPS) is 12.7. The maximum absolute atomic E-state index is 6.28. The van der Waals surface area contributed by atoms with Crippen molar-refractivity contribution in [1.29, 1.82) is 0 Å². The average Bonchev–Trinajstić information content (AvgIpc) is 3.28. The van der Waals surface area contributed by atoms with Crippen molar-refractivity contribution in [3.63, 3.8) is 0 Å². The van der Waals surface area contributed by atoms with Crippen LogP contribution in [0, 0.1) is 12.8 Å². The van der Waals surface area contributed by atoms with Gasteiger partial charge in [-0.2, -0.15) is 0 Å². The largest absolute Gasteiger partial charge is 0.456 e. The fourth-order valence-corrected chi connectivity index (χ4v) is 4.89. The highest BCUT2D eigenvalue weighted by Crippen LogP contribution is 2.45. The second-order valence-corrected chi connectivity index (χ2v) is 8.14. The first kappa shape index (κ1) is 15.1. The third-order valence-electron chi connectivity index (χ3n) is 5.99. The summed E-state index contributed by atoms with van der Waals surface area (Å²) in [5.74, 6) is 0.615. The summed E-state index contributed by atoms with van der Waals surface area (Å²) in [6.45, 7) is 6.86. The van der Waals surface area contributed by atoms with Crippen LogP contribution in [0.15, 0.2) is 59.0 Å². The fourth-order valence-electron chi connectivity index (χ4n) is 4.89. The summed E-state index contributed by atoms with van der Waals surface area (Å²) >= 11 is 0. The van der Waals surface area contributed by atoms with Gasteiger partial charge in [-0.05, 0) is 43.0 Å². The number of furan rings is 1. The lowest BCUT2D eigenvalue weighted by Gasteiger charge is -2.07. The van der Waals surface area contributed by atoms with Crippen LogP contribution in [-0.4, -0.2) is 4.40 Å². The van der Waals surface area contributed by atoms with Crippen LogP contribution in [0.3, 0.4) is 0 Å². The van der Waals surface area contributed by atoms with E-state index in [9.17, 15) is 0 Å². The highest BCUT2D eigenvalue weighted by Gasteiger charge is 2.24. The van der Waals surface area contributed by atoms with Crippen molar-refractivity contribution in [3.8, 4) is 0 Å². The number of rotatable bonds is 2. The minimum atomic E-state index is 0.615. The van der Waals surface area contributed by atoms with Crippen molar-refractivity contribution in [1.82, 2.24) is 4.40 Å². The van der Waals surface area contributed by atoms with E-state index in [-0.39, 0.29) is 0 Å². The first-order valence-corrected chi connectivity index (χ1v) is 9.73. The summed E-state index contributed by atoms with van der Waals surface area (Å²) in [5.41, 5.74) is 7.43. The van der Waals surface area contributed by atoms with Crippen molar-refractivity contribution in [3.05, 3.63) is 65.9 Å². The molecule has 0 amide bonds. The molecule has 0 aliphatic heterocycles. The van der Waals surface area contributed by atoms with Gasteiger partial charge in [-0.15, -0.1) is 0 Å². The Morgan fingerprint density at radius 3 is 2.41 bits per heavy atom. The fraction of sp³-hybridized carbons (Fsp3) is 0.200. The van der Waals surface area contributed by atoms with Gasteiger partial charge in [0.1, 0.15) is 11.2 Å². The third kappa shape index (κ3) is 1.80. The number of fused-ring (bicyclic) bond motifs is 7. The summed E-state index contributed by atoms with van der Waals surface area (Å²) in [5, 5.41) is 6.43. The molecule has 2 heteroatoms. The Bertz CT molecular complexity index is 1480. The summed E-state index contributed by atoms with van der Waals surface area (Å²) in [6.07, 6.45) is 1.08. The van der Waals surface area contributed by atoms with Crippen LogP contribution >= 0.6 is 0 Å². The van der Waals surface area contributed by atoms with Crippen LogP contribution in [-0.2, 0) is 6.42 Å². The maximum atomic E-state index is 6.28. The van der Waals surface area contributed by atoms with Crippen LogP contribution in [0.4, 0.5) is 0 Å². The van der Waals surface area contributed by atoms with E-state index < -0.39 is 0 Å². The van der Waals surface area contributed by atoms with Gasteiger partial charge in [0.25, 0.3) is 0 Å². The summed E-state index contributed by atoms with van der Waals surface area (Å²) in [4.78, 5) is 0. The molecule has 2 nitrogen and oxygen atoms in total. The van der Waals surface area contributed by atoms with Crippen molar-refractivity contribution >= 4 is 49.1 Å². The second kappa shape index (κ2) is 5.04. The van der Waals surface area contributed by atoms with Crippen molar-refractivity contribution in [2.24, 2.45) is 5.92 Å². The van der Waals surface area contributed by atoms with Gasteiger partial charge in [-0.1, -0.05) is 50.2 Å². The molecule has 0 aliphatic carbocycles. The molecule has 0 atom stereocenters. The van der Waals surface area contributed by atoms with Gasteiger partial charge in [-0.25, -0.2) is 0 Å². The van der Waals surface area contributed by atoms with Crippen LogP contribution in [0.25, 0.3) is 49.1 Å². The second-order valence-electron chi connectivity index (χ2n) is 8.14. The Balaban J connectivity index is 1.97. The molecule has 0 N–H and O–H groups in total. The van der Waals surface area contributed by atoms with Crippen LogP contribution in [0.5, 0.6) is 0 Å². The Morgan fingerprint density at radius 1 is 0.852 bits per heavy atom. The topological polar surface area (TPSA) is 17.6 Å². The molecule has 6 aromatic rings. The first-order chi connectivity index (χ1) is 13.1. The highest BCUT2D eigenvalue weighted by atomic mass is 16.3. The molecule has 6 rings (SSSR count). The van der Waals surface area contributed by atoms with E-state index in [1.54, 1.807) is 0 Å². The molecule has 3 aromatic carbocycles. The third-order valence-corrected chi connectivity index (χ3v) is 5.99. The minimum absolute atomic E-state index is 0.615. The molecule has 3 heterocycles. The predicted octanol–water partition coefficient (Wildman–Crippen LogP) is 7.09. The van der Waals surface area contributed by atoms with Crippen molar-refractivity contribution in [2.45, 2.75) is 27.2 Å². The van der Waals surface area contributed by atoms with Gasteiger partial charge in [0.15, 0.2) is 0 Å². The molecule has 0 fully saturated rings. The Labute approximate surface area is 157 Å². The molecule has 0 saturated carbocycles. The first-order valence-electron chi connectivity index (χ1n) is 9.73. The van der Waals surface area contributed by atoms with E-state index in [0.29, 0.717) is 5.92 Å². The van der Waals surface area contributed by atoms with E-state index in [1.165, 1.54) is 49.2 Å². The van der Waals surface area contributed by atoms with Crippen molar-refractivity contribution in [2.75, 3.05) is 0 Å². The molecule has 27 heavy (non-hydrogen) atoms. The number of hydrogen-bond donors (Lipinski definition) is 0. The number of benzene rings is 3. The van der Waals surface area contributed by atoms with E-state index >= 15 is 0 Å². The highest BCUT2D eigenvalue weighted by molar-refractivity contribution is 6.31. The molecule has 0 saturated heterocycles. The van der Waals surface area contributed by atoms with E-state index in [1.807, 2.05) is 6.07 Å². The lowest BCUT2D eigenvalue weighted by molar-refractivity contribution is 0.632. The molecule has 0 aliphatic rings. The number of hydrogen-bond acceptors (Lipinski definition) is 1. The number of para-hydroxylation sites is 2. The number of aromatic nitrogens is 1. The molecule has 132 valence electrons. The van der Waals surface area contributed by atoms with Crippen LogP contribution in [0.2, 0.25) is 0 Å². The SMILES string of the molecule is Cc1c(CC(C)C)n2c3ccccc3c3c4c(cc1c32)oc1ccccc14. The standard InChI is InChI=1S/C25H21NO/c1-14(2)12-20-15(3)18-13-22-23(17-9-5-7-11-21(17)27-22)24-16-8-4-6-10-19(16)26(20)25(18)24/h4-11,13-14H,12H2,1-3H3. The zero-order valence-corrected chi connectivity index (χ0v) is 15.8. The monoisotopic (exact) mass is 351 g/mol. The van der Waals surface area contributed by atoms with Gasteiger partial charge in [0.05, 0.1) is 11.0 Å². The Hall–Kier alpha value is -3.00. The smallest absolute Gasteiger partial charge is 0.136 e. The predicted molar refractivity (Wildman–Crippen MR) is 114 cm³/mol. The molecular weight excluding hydrogens is 330 g/mol. The number of aryl methyl sites for hydroxylation is 1. The molecule has 0 radical (unpaired) electrons. The molecular formula is C25H21NO. The molecule has 0 unspecified atom stereocenters. The lowest BCUT2D eigenvalue weighted by atomic mass is 10.00. The quantitative estimate of drug-likeness (QED) is 0.325. The van der Waals surface area contributed by atoms with E-state index in [2.05, 4.69) is 73.7 Å². The molecule has 0 bridgehead atoms. The molecule has 0 spiro atoms. The molecule has 3 aromatic heterocycles. The lowest BCUT2D eigenvalue weighted by Crippen LogP contribution is -1.99. The van der Waals surface area contributed by atoms with Crippen LogP contribution < -0.4 is 0 Å². The minimum Gasteiger partial charge on any atom is -0.456 e. The van der Waals surface area contributed by atoms with Gasteiger partial charge < -0.3 is 8.82 Å². The van der Waals surface area contributed by atoms with E-state index in [0.717, 1.165) is 17.6 Å². The maximum Gasteiger partial charge on any atom is 0.136 e.